The number of hydrogen-bond donors (Lipinski definition) is 1. The number of carbonyl (C=O) groups excluding carboxylic acids is 1. The first-order valence-electron chi connectivity index (χ1n) is 3.43. The van der Waals surface area contributed by atoms with Crippen molar-refractivity contribution in [3.63, 3.8) is 0 Å². The van der Waals surface area contributed by atoms with E-state index in [1.54, 1.807) is 0 Å². The van der Waals surface area contributed by atoms with Gasteiger partial charge >= 0.3 is 5.30 Å². The number of rotatable bonds is 1. The lowest BCUT2D eigenvalue weighted by molar-refractivity contribution is -0.157. The molecule has 61 valence electrons. The molecule has 1 saturated heterocycles. The highest BCUT2D eigenvalue weighted by molar-refractivity contribution is 7.96. The van der Waals surface area contributed by atoms with Crippen molar-refractivity contribution in [3.05, 3.63) is 0 Å². The number of carbonyl (C=O) groups is 1. The van der Waals surface area contributed by atoms with Gasteiger partial charge in [-0.05, 0) is 12.8 Å². The first-order valence-corrected chi connectivity index (χ1v) is 4.38. The molecular formula is C6H9O3SSi. The molecule has 0 bridgehead atoms. The fourth-order valence-electron chi connectivity index (χ4n) is 0.991. The summed E-state index contributed by atoms with van der Waals surface area (Å²) < 4.78 is 9.99. The average Bonchev–Trinajstić information content (AvgIpc) is 1.85. The molecule has 1 heterocycles. The van der Waals surface area contributed by atoms with E-state index in [2.05, 4.69) is 22.9 Å². The van der Waals surface area contributed by atoms with Crippen molar-refractivity contribution in [1.29, 1.82) is 0 Å². The number of thiol groups is 1. The van der Waals surface area contributed by atoms with Crippen LogP contribution in [0.3, 0.4) is 0 Å². The molecule has 1 aliphatic rings. The minimum absolute atomic E-state index is 0.616. The molecule has 0 saturated carbocycles. The van der Waals surface area contributed by atoms with Gasteiger partial charge in [0.25, 0.3) is 0 Å². The summed E-state index contributed by atoms with van der Waals surface area (Å²) in [5.41, 5.74) is -0.920. The van der Waals surface area contributed by atoms with E-state index in [1.807, 2.05) is 0 Å². The lowest BCUT2D eigenvalue weighted by Gasteiger charge is -2.32. The molecule has 0 aromatic carbocycles. The third kappa shape index (κ3) is 2.84. The largest absolute Gasteiger partial charge is 0.430 e. The molecule has 0 spiro atoms. The summed E-state index contributed by atoms with van der Waals surface area (Å²) in [6.07, 6.45) is 2.68. The lowest BCUT2D eigenvalue weighted by atomic mass is 10.2. The Hall–Kier alpha value is -0.00312. The molecule has 1 aliphatic heterocycles. The van der Waals surface area contributed by atoms with Crippen LogP contribution < -0.4 is 0 Å². The molecule has 1 fully saturated rings. The third-order valence-corrected chi connectivity index (χ3v) is 2.08. The maximum Gasteiger partial charge on any atom is 0.366 e. The van der Waals surface area contributed by atoms with Crippen LogP contribution in [0.4, 0.5) is 4.79 Å². The number of ether oxygens (including phenoxy) is 2. The van der Waals surface area contributed by atoms with Crippen LogP contribution in [-0.4, -0.2) is 27.6 Å². The SMILES string of the molecule is O=C(S)OC1([Si])CCCCO1. The van der Waals surface area contributed by atoms with E-state index in [1.165, 1.54) is 0 Å². The summed E-state index contributed by atoms with van der Waals surface area (Å²) in [6, 6.07) is 0. The Morgan fingerprint density at radius 3 is 2.82 bits per heavy atom. The van der Waals surface area contributed by atoms with Gasteiger partial charge in [0.1, 0.15) is 10.2 Å². The second kappa shape index (κ2) is 3.60. The van der Waals surface area contributed by atoms with Crippen LogP contribution in [0.15, 0.2) is 0 Å². The highest BCUT2D eigenvalue weighted by Gasteiger charge is 2.30. The zero-order valence-electron chi connectivity index (χ0n) is 6.00. The Morgan fingerprint density at radius 1 is 1.64 bits per heavy atom. The van der Waals surface area contributed by atoms with E-state index < -0.39 is 10.7 Å². The van der Waals surface area contributed by atoms with Gasteiger partial charge in [0, 0.05) is 6.42 Å². The molecule has 1 atom stereocenters. The van der Waals surface area contributed by atoms with E-state index in [4.69, 9.17) is 9.47 Å². The average molecular weight is 189 g/mol. The second-order valence-corrected chi connectivity index (χ2v) is 3.55. The summed E-state index contributed by atoms with van der Waals surface area (Å²) in [5.74, 6) is 0. The van der Waals surface area contributed by atoms with E-state index in [0.29, 0.717) is 13.0 Å². The Bertz CT molecular complexity index is 156. The Morgan fingerprint density at radius 2 is 2.36 bits per heavy atom. The van der Waals surface area contributed by atoms with Crippen molar-refractivity contribution in [2.24, 2.45) is 0 Å². The van der Waals surface area contributed by atoms with Gasteiger partial charge in [-0.25, -0.2) is 4.79 Å². The molecule has 0 N–H and O–H groups in total. The molecule has 1 unspecified atom stereocenters. The molecule has 3 nitrogen and oxygen atoms in total. The standard InChI is InChI=1S/C6H9O3SSi/c7-5(10)9-6(11)3-1-2-4-8-6/h1-4H2,(H,7,10). The molecule has 11 heavy (non-hydrogen) atoms. The minimum atomic E-state index is -0.920. The lowest BCUT2D eigenvalue weighted by Crippen LogP contribution is -2.40. The fourth-order valence-corrected chi connectivity index (χ4v) is 1.60. The predicted molar refractivity (Wildman–Crippen MR) is 43.8 cm³/mol. The molecule has 0 amide bonds. The Kier molecular flexibility index (Phi) is 2.97. The maximum absolute atomic E-state index is 10.4. The second-order valence-electron chi connectivity index (χ2n) is 2.43. The smallest absolute Gasteiger partial charge is 0.366 e. The van der Waals surface area contributed by atoms with Crippen molar-refractivity contribution in [3.8, 4) is 0 Å². The van der Waals surface area contributed by atoms with Gasteiger partial charge in [0.15, 0.2) is 5.41 Å². The van der Waals surface area contributed by atoms with E-state index >= 15 is 0 Å². The zero-order chi connectivity index (χ0) is 8.32. The zero-order valence-corrected chi connectivity index (χ0v) is 7.89. The number of hydrogen-bond acceptors (Lipinski definition) is 3. The molecule has 0 aliphatic carbocycles. The highest BCUT2D eigenvalue weighted by atomic mass is 32.1. The minimum Gasteiger partial charge on any atom is -0.430 e. The molecule has 0 aromatic rings. The maximum atomic E-state index is 10.4. The summed E-state index contributed by atoms with van der Waals surface area (Å²) in [7, 11) is 3.23. The van der Waals surface area contributed by atoms with Gasteiger partial charge in [0.2, 0.25) is 0 Å². The fraction of sp³-hybridized carbons (Fsp3) is 0.833. The first kappa shape index (κ1) is 9.09. The van der Waals surface area contributed by atoms with Gasteiger partial charge in [-0.1, -0.05) is 12.6 Å². The quantitative estimate of drug-likeness (QED) is 0.381. The molecule has 1 rings (SSSR count). The van der Waals surface area contributed by atoms with Crippen molar-refractivity contribution in [2.45, 2.75) is 24.7 Å². The van der Waals surface area contributed by atoms with E-state index in [9.17, 15) is 4.79 Å². The highest BCUT2D eigenvalue weighted by Crippen LogP contribution is 2.23. The van der Waals surface area contributed by atoms with E-state index in [-0.39, 0.29) is 0 Å². The molecule has 5 heteroatoms. The summed E-state index contributed by atoms with van der Waals surface area (Å²) >= 11 is 3.49. The van der Waals surface area contributed by atoms with Crippen LogP contribution in [0.25, 0.3) is 0 Å². The normalized spacial score (nSPS) is 31.5. The van der Waals surface area contributed by atoms with Gasteiger partial charge in [-0.15, -0.1) is 0 Å². The molecule has 0 aromatic heterocycles. The van der Waals surface area contributed by atoms with Gasteiger partial charge in [0.05, 0.1) is 6.61 Å². The monoisotopic (exact) mass is 189 g/mol. The van der Waals surface area contributed by atoms with Crippen LogP contribution in [0, 0.1) is 0 Å². The van der Waals surface area contributed by atoms with Gasteiger partial charge in [-0.3, -0.25) is 0 Å². The summed E-state index contributed by atoms with van der Waals surface area (Å²) in [5, 5.41) is -0.623. The van der Waals surface area contributed by atoms with Gasteiger partial charge in [-0.2, -0.15) is 0 Å². The Balaban J connectivity index is 2.43. The van der Waals surface area contributed by atoms with Crippen LogP contribution in [0.5, 0.6) is 0 Å². The topological polar surface area (TPSA) is 35.5 Å². The molecular weight excluding hydrogens is 180 g/mol. The summed E-state index contributed by atoms with van der Waals surface area (Å²) in [4.78, 5) is 10.4. The third-order valence-electron chi connectivity index (χ3n) is 1.49. The van der Waals surface area contributed by atoms with Crippen LogP contribution in [0.1, 0.15) is 19.3 Å². The van der Waals surface area contributed by atoms with Gasteiger partial charge < -0.3 is 9.47 Å². The van der Waals surface area contributed by atoms with Crippen molar-refractivity contribution in [2.75, 3.05) is 6.61 Å². The van der Waals surface area contributed by atoms with Crippen molar-refractivity contribution < 1.29 is 14.3 Å². The van der Waals surface area contributed by atoms with E-state index in [0.717, 1.165) is 12.8 Å². The predicted octanol–water partition coefficient (Wildman–Crippen LogP) is 1.08. The van der Waals surface area contributed by atoms with Crippen molar-refractivity contribution >= 4 is 28.2 Å². The van der Waals surface area contributed by atoms with Crippen molar-refractivity contribution in [1.82, 2.24) is 0 Å². The van der Waals surface area contributed by atoms with Crippen LogP contribution in [0.2, 0.25) is 0 Å². The Labute approximate surface area is 74.3 Å². The van der Waals surface area contributed by atoms with Crippen LogP contribution >= 0.6 is 12.6 Å². The summed E-state index contributed by atoms with van der Waals surface area (Å²) in [6.45, 7) is 0.616. The molecule has 3 radical (unpaired) electrons. The van der Waals surface area contributed by atoms with Crippen LogP contribution in [-0.2, 0) is 9.47 Å². The first-order chi connectivity index (χ1) is 5.12.